The van der Waals surface area contributed by atoms with Crippen LogP contribution in [0.25, 0.3) is 0 Å². The lowest BCUT2D eigenvalue weighted by Gasteiger charge is -2.36. The molecule has 0 aromatic carbocycles. The fourth-order valence-corrected chi connectivity index (χ4v) is 1.60. The maximum Gasteiger partial charge on any atom is 0.0557 e. The third kappa shape index (κ3) is 4.63. The molecule has 1 N–H and O–H groups in total. The number of rotatable bonds is 6. The standard InChI is InChI=1S/C11H25NO/c1-6-8-10(13)9-11(3,4)12(5)7-2/h10,13H,6-9H2,1-5H3. The second-order valence-corrected chi connectivity index (χ2v) is 4.47. The van der Waals surface area contributed by atoms with Gasteiger partial charge >= 0.3 is 0 Å². The minimum atomic E-state index is -0.144. The van der Waals surface area contributed by atoms with Gasteiger partial charge in [0.1, 0.15) is 0 Å². The van der Waals surface area contributed by atoms with Crippen LogP contribution in [0.15, 0.2) is 0 Å². The Bertz CT molecular complexity index is 134. The lowest BCUT2D eigenvalue weighted by Crippen LogP contribution is -2.43. The van der Waals surface area contributed by atoms with E-state index in [9.17, 15) is 5.11 Å². The number of hydrogen-bond donors (Lipinski definition) is 1. The molecule has 0 fully saturated rings. The first-order valence-electron chi connectivity index (χ1n) is 5.33. The molecule has 0 amide bonds. The number of aliphatic hydroxyl groups is 1. The van der Waals surface area contributed by atoms with Crippen LogP contribution in [0.3, 0.4) is 0 Å². The van der Waals surface area contributed by atoms with Crippen molar-refractivity contribution in [1.82, 2.24) is 4.90 Å². The van der Waals surface area contributed by atoms with E-state index in [1.54, 1.807) is 0 Å². The maximum absolute atomic E-state index is 9.70. The van der Waals surface area contributed by atoms with Crippen molar-refractivity contribution >= 4 is 0 Å². The minimum Gasteiger partial charge on any atom is -0.393 e. The van der Waals surface area contributed by atoms with Gasteiger partial charge in [-0.25, -0.2) is 0 Å². The largest absolute Gasteiger partial charge is 0.393 e. The average molecular weight is 187 g/mol. The fraction of sp³-hybridized carbons (Fsp3) is 1.00. The summed E-state index contributed by atoms with van der Waals surface area (Å²) in [5.74, 6) is 0. The van der Waals surface area contributed by atoms with Crippen LogP contribution in [0.5, 0.6) is 0 Å². The summed E-state index contributed by atoms with van der Waals surface area (Å²) < 4.78 is 0. The van der Waals surface area contributed by atoms with Crippen molar-refractivity contribution in [2.24, 2.45) is 0 Å². The van der Waals surface area contributed by atoms with Crippen molar-refractivity contribution < 1.29 is 5.11 Å². The Morgan fingerprint density at radius 3 is 2.23 bits per heavy atom. The molecule has 2 heteroatoms. The predicted molar refractivity (Wildman–Crippen MR) is 57.9 cm³/mol. The van der Waals surface area contributed by atoms with Gasteiger partial charge in [-0.3, -0.25) is 0 Å². The van der Waals surface area contributed by atoms with Crippen LogP contribution in [0, 0.1) is 0 Å². The summed E-state index contributed by atoms with van der Waals surface area (Å²) in [7, 11) is 2.11. The Hall–Kier alpha value is -0.0800. The molecule has 0 aromatic heterocycles. The summed E-state index contributed by atoms with van der Waals surface area (Å²) >= 11 is 0. The van der Waals surface area contributed by atoms with Crippen molar-refractivity contribution in [2.45, 2.75) is 58.6 Å². The zero-order valence-electron chi connectivity index (χ0n) is 9.80. The Morgan fingerprint density at radius 1 is 1.31 bits per heavy atom. The topological polar surface area (TPSA) is 23.5 Å². The highest BCUT2D eigenvalue weighted by Crippen LogP contribution is 2.20. The summed E-state index contributed by atoms with van der Waals surface area (Å²) in [6.07, 6.45) is 2.70. The van der Waals surface area contributed by atoms with Crippen LogP contribution in [0.1, 0.15) is 47.0 Å². The van der Waals surface area contributed by atoms with Crippen LogP contribution >= 0.6 is 0 Å². The second kappa shape index (κ2) is 5.61. The van der Waals surface area contributed by atoms with Gasteiger partial charge in [-0.1, -0.05) is 20.3 Å². The molecule has 0 aliphatic heterocycles. The van der Waals surface area contributed by atoms with Gasteiger partial charge in [-0.2, -0.15) is 0 Å². The van der Waals surface area contributed by atoms with Gasteiger partial charge in [-0.05, 0) is 40.3 Å². The summed E-state index contributed by atoms with van der Waals surface area (Å²) in [6.45, 7) is 9.67. The first-order chi connectivity index (χ1) is 5.94. The summed E-state index contributed by atoms with van der Waals surface area (Å²) in [5.41, 5.74) is 0.114. The SMILES string of the molecule is CCCC(O)CC(C)(C)N(C)CC. The van der Waals surface area contributed by atoms with Crippen molar-refractivity contribution in [3.8, 4) is 0 Å². The van der Waals surface area contributed by atoms with Crippen LogP contribution in [-0.2, 0) is 0 Å². The molecule has 2 nitrogen and oxygen atoms in total. The monoisotopic (exact) mass is 187 g/mol. The highest BCUT2D eigenvalue weighted by molar-refractivity contribution is 4.81. The first-order valence-corrected chi connectivity index (χ1v) is 5.33. The molecule has 1 unspecified atom stereocenters. The molecule has 0 radical (unpaired) electrons. The van der Waals surface area contributed by atoms with Crippen LogP contribution in [0.4, 0.5) is 0 Å². The molecule has 0 aromatic rings. The van der Waals surface area contributed by atoms with Crippen LogP contribution in [-0.4, -0.2) is 35.2 Å². The van der Waals surface area contributed by atoms with E-state index in [1.165, 1.54) is 0 Å². The molecular weight excluding hydrogens is 162 g/mol. The maximum atomic E-state index is 9.70. The smallest absolute Gasteiger partial charge is 0.0557 e. The van der Waals surface area contributed by atoms with E-state index in [4.69, 9.17) is 0 Å². The molecule has 13 heavy (non-hydrogen) atoms. The van der Waals surface area contributed by atoms with Gasteiger partial charge in [0.2, 0.25) is 0 Å². The molecule has 0 spiro atoms. The second-order valence-electron chi connectivity index (χ2n) is 4.47. The summed E-state index contributed by atoms with van der Waals surface area (Å²) in [4.78, 5) is 2.28. The van der Waals surface area contributed by atoms with Gasteiger partial charge in [0.05, 0.1) is 6.10 Å². The van der Waals surface area contributed by atoms with E-state index in [0.717, 1.165) is 25.8 Å². The Morgan fingerprint density at radius 2 is 1.85 bits per heavy atom. The van der Waals surface area contributed by atoms with Gasteiger partial charge in [0, 0.05) is 5.54 Å². The molecule has 0 saturated heterocycles. The zero-order chi connectivity index (χ0) is 10.5. The molecule has 80 valence electrons. The lowest BCUT2D eigenvalue weighted by molar-refractivity contribution is 0.0664. The van der Waals surface area contributed by atoms with Gasteiger partial charge < -0.3 is 10.0 Å². The van der Waals surface area contributed by atoms with Crippen LogP contribution in [0.2, 0.25) is 0 Å². The molecule has 1 atom stereocenters. The molecule has 0 bridgehead atoms. The lowest BCUT2D eigenvalue weighted by atomic mass is 9.93. The molecule has 0 aliphatic rings. The molecule has 0 saturated carbocycles. The first kappa shape index (κ1) is 12.9. The third-order valence-electron chi connectivity index (χ3n) is 2.86. The summed E-state index contributed by atoms with van der Waals surface area (Å²) in [5, 5.41) is 9.70. The van der Waals surface area contributed by atoms with E-state index < -0.39 is 0 Å². The quantitative estimate of drug-likeness (QED) is 0.689. The van der Waals surface area contributed by atoms with Crippen LogP contribution < -0.4 is 0 Å². The predicted octanol–water partition coefficient (Wildman–Crippen LogP) is 2.27. The van der Waals surface area contributed by atoms with E-state index in [0.29, 0.717) is 0 Å². The third-order valence-corrected chi connectivity index (χ3v) is 2.86. The van der Waals surface area contributed by atoms with E-state index in [1.807, 2.05) is 0 Å². The Balaban J connectivity index is 3.99. The van der Waals surface area contributed by atoms with Gasteiger partial charge in [0.25, 0.3) is 0 Å². The van der Waals surface area contributed by atoms with E-state index >= 15 is 0 Å². The molecular formula is C11H25NO. The van der Waals surface area contributed by atoms with Gasteiger partial charge in [-0.15, -0.1) is 0 Å². The summed E-state index contributed by atoms with van der Waals surface area (Å²) in [6, 6.07) is 0. The molecule has 0 heterocycles. The average Bonchev–Trinajstić information content (AvgIpc) is 2.02. The van der Waals surface area contributed by atoms with Crippen molar-refractivity contribution in [3.63, 3.8) is 0 Å². The van der Waals surface area contributed by atoms with E-state index in [2.05, 4.69) is 39.6 Å². The Labute approximate surface area is 82.9 Å². The number of aliphatic hydroxyl groups excluding tert-OH is 1. The Kier molecular flexibility index (Phi) is 5.57. The zero-order valence-corrected chi connectivity index (χ0v) is 9.80. The molecule has 0 aliphatic carbocycles. The number of hydrogen-bond acceptors (Lipinski definition) is 2. The fourth-order valence-electron chi connectivity index (χ4n) is 1.60. The highest BCUT2D eigenvalue weighted by Gasteiger charge is 2.25. The van der Waals surface area contributed by atoms with Crippen molar-refractivity contribution in [1.29, 1.82) is 0 Å². The van der Waals surface area contributed by atoms with Gasteiger partial charge in [0.15, 0.2) is 0 Å². The van der Waals surface area contributed by atoms with E-state index in [-0.39, 0.29) is 11.6 Å². The highest BCUT2D eigenvalue weighted by atomic mass is 16.3. The van der Waals surface area contributed by atoms with Crippen molar-refractivity contribution in [3.05, 3.63) is 0 Å². The van der Waals surface area contributed by atoms with Crippen molar-refractivity contribution in [2.75, 3.05) is 13.6 Å². The number of nitrogens with zero attached hydrogens (tertiary/aromatic N) is 1. The molecule has 0 rings (SSSR count). The normalized spacial score (nSPS) is 15.0. The minimum absolute atomic E-state index is 0.114.